The van der Waals surface area contributed by atoms with Crippen molar-refractivity contribution in [2.75, 3.05) is 5.32 Å². The third-order valence-corrected chi connectivity index (χ3v) is 4.99. The lowest BCUT2D eigenvalue weighted by Gasteiger charge is -2.10. The molecule has 3 aromatic rings. The van der Waals surface area contributed by atoms with Crippen molar-refractivity contribution in [1.29, 1.82) is 0 Å². The zero-order chi connectivity index (χ0) is 18.7. The second-order valence-electron chi connectivity index (χ2n) is 6.29. The number of nitrogens with one attached hydrogen (secondary N) is 1. The summed E-state index contributed by atoms with van der Waals surface area (Å²) in [5.41, 5.74) is 4.21. The Kier molecular flexibility index (Phi) is 5.38. The first-order valence-corrected chi connectivity index (χ1v) is 9.05. The van der Waals surface area contributed by atoms with Gasteiger partial charge in [0.1, 0.15) is 0 Å². The van der Waals surface area contributed by atoms with Crippen molar-refractivity contribution in [2.24, 2.45) is 0 Å². The van der Waals surface area contributed by atoms with E-state index in [1.165, 1.54) is 6.07 Å². The predicted octanol–water partition coefficient (Wildman–Crippen LogP) is 4.53. The number of hydrogen-bond donors (Lipinski definition) is 1. The molecule has 0 saturated heterocycles. The molecule has 0 radical (unpaired) electrons. The van der Waals surface area contributed by atoms with E-state index in [1.54, 1.807) is 16.8 Å². The molecule has 2 aromatic carbocycles. The number of amides is 1. The van der Waals surface area contributed by atoms with Crippen LogP contribution in [-0.4, -0.2) is 10.5 Å². The van der Waals surface area contributed by atoms with E-state index < -0.39 is 0 Å². The van der Waals surface area contributed by atoms with Crippen LogP contribution in [0.1, 0.15) is 27.0 Å². The summed E-state index contributed by atoms with van der Waals surface area (Å²) in [5, 5.41) is 2.87. The lowest BCUT2D eigenvalue weighted by atomic mass is 10.1. The fraction of sp³-hybridized carbons (Fsp3) is 0.143. The smallest absolute Gasteiger partial charge is 0.257 e. The fourth-order valence-electron chi connectivity index (χ4n) is 2.72. The summed E-state index contributed by atoms with van der Waals surface area (Å²) in [6.45, 7) is 4.40. The van der Waals surface area contributed by atoms with E-state index in [4.69, 9.17) is 0 Å². The largest absolute Gasteiger partial charge is 0.322 e. The summed E-state index contributed by atoms with van der Waals surface area (Å²) in [4.78, 5) is 24.7. The topological polar surface area (TPSA) is 51.1 Å². The molecule has 4 nitrogen and oxygen atoms in total. The van der Waals surface area contributed by atoms with Crippen LogP contribution >= 0.6 is 15.9 Å². The number of nitrogens with zero attached hydrogens (tertiary/aromatic N) is 1. The van der Waals surface area contributed by atoms with Gasteiger partial charge < -0.3 is 9.88 Å². The van der Waals surface area contributed by atoms with Crippen LogP contribution in [-0.2, 0) is 6.54 Å². The van der Waals surface area contributed by atoms with Gasteiger partial charge in [-0.05, 0) is 49.2 Å². The van der Waals surface area contributed by atoms with Crippen LogP contribution in [0.15, 0.2) is 70.1 Å². The van der Waals surface area contributed by atoms with Gasteiger partial charge in [0, 0.05) is 22.4 Å². The number of rotatable bonds is 4. The summed E-state index contributed by atoms with van der Waals surface area (Å²) in [5.74, 6) is -0.246. The molecule has 26 heavy (non-hydrogen) atoms. The monoisotopic (exact) mass is 410 g/mol. The van der Waals surface area contributed by atoms with Crippen LogP contribution in [0.25, 0.3) is 0 Å². The number of benzene rings is 2. The van der Waals surface area contributed by atoms with Crippen molar-refractivity contribution in [3.05, 3.63) is 97.9 Å². The molecule has 3 rings (SSSR count). The Labute approximate surface area is 160 Å². The van der Waals surface area contributed by atoms with Crippen molar-refractivity contribution < 1.29 is 4.79 Å². The van der Waals surface area contributed by atoms with E-state index in [2.05, 4.69) is 21.2 Å². The Morgan fingerprint density at radius 3 is 2.62 bits per heavy atom. The molecule has 0 aliphatic carbocycles. The molecule has 0 aliphatic heterocycles. The van der Waals surface area contributed by atoms with Gasteiger partial charge in [-0.3, -0.25) is 9.59 Å². The first-order valence-electron chi connectivity index (χ1n) is 8.26. The van der Waals surface area contributed by atoms with Crippen LogP contribution in [0.4, 0.5) is 5.69 Å². The van der Waals surface area contributed by atoms with E-state index in [0.717, 1.165) is 21.2 Å². The third-order valence-electron chi connectivity index (χ3n) is 4.10. The highest BCUT2D eigenvalue weighted by Crippen LogP contribution is 2.20. The number of aromatic nitrogens is 1. The molecule has 1 aromatic heterocycles. The second-order valence-corrected chi connectivity index (χ2v) is 7.15. The highest BCUT2D eigenvalue weighted by atomic mass is 79.9. The van der Waals surface area contributed by atoms with Crippen LogP contribution in [0.3, 0.4) is 0 Å². The zero-order valence-corrected chi connectivity index (χ0v) is 16.2. The summed E-state index contributed by atoms with van der Waals surface area (Å²) in [6, 6.07) is 16.6. The molecular weight excluding hydrogens is 392 g/mol. The number of carbonyl (C=O) groups excluding carboxylic acids is 1. The molecular formula is C21H19BrN2O2. The van der Waals surface area contributed by atoms with Crippen molar-refractivity contribution in [3.8, 4) is 0 Å². The molecule has 0 unspecified atom stereocenters. The standard InChI is InChI=1S/C21H19BrN2O2/c1-14-4-3-5-16(10-14)12-24-13-17(6-9-20(24)25)21(26)23-18-7-8-19(22)15(2)11-18/h3-11,13H,12H2,1-2H3,(H,23,26). The van der Waals surface area contributed by atoms with E-state index in [1.807, 2.05) is 56.3 Å². The number of pyridine rings is 1. The molecule has 0 fully saturated rings. The van der Waals surface area contributed by atoms with Crippen LogP contribution in [0, 0.1) is 13.8 Å². The van der Waals surface area contributed by atoms with Gasteiger partial charge in [0.05, 0.1) is 12.1 Å². The predicted molar refractivity (Wildman–Crippen MR) is 108 cm³/mol. The van der Waals surface area contributed by atoms with Gasteiger partial charge in [0.25, 0.3) is 11.5 Å². The van der Waals surface area contributed by atoms with Gasteiger partial charge in [-0.25, -0.2) is 0 Å². The van der Waals surface area contributed by atoms with E-state index in [9.17, 15) is 9.59 Å². The van der Waals surface area contributed by atoms with Gasteiger partial charge in [-0.15, -0.1) is 0 Å². The molecule has 0 saturated carbocycles. The number of carbonyl (C=O) groups is 1. The first-order chi connectivity index (χ1) is 12.4. The number of hydrogen-bond acceptors (Lipinski definition) is 2. The van der Waals surface area contributed by atoms with Gasteiger partial charge in [-0.1, -0.05) is 45.8 Å². The van der Waals surface area contributed by atoms with Gasteiger partial charge in [-0.2, -0.15) is 0 Å². The quantitative estimate of drug-likeness (QED) is 0.686. The Morgan fingerprint density at radius 1 is 1.08 bits per heavy atom. The van der Waals surface area contributed by atoms with Gasteiger partial charge in [0.2, 0.25) is 0 Å². The normalized spacial score (nSPS) is 10.6. The van der Waals surface area contributed by atoms with E-state index in [0.29, 0.717) is 17.8 Å². The first kappa shape index (κ1) is 18.1. The molecule has 5 heteroatoms. The minimum absolute atomic E-state index is 0.137. The average molecular weight is 411 g/mol. The second kappa shape index (κ2) is 7.70. The SMILES string of the molecule is Cc1cccc(Cn2cc(C(=O)Nc3ccc(Br)c(C)c3)ccc2=O)c1. The average Bonchev–Trinajstić information content (AvgIpc) is 2.60. The third kappa shape index (κ3) is 4.29. The number of anilines is 1. The minimum atomic E-state index is -0.246. The molecule has 0 spiro atoms. The van der Waals surface area contributed by atoms with Crippen molar-refractivity contribution in [1.82, 2.24) is 4.57 Å². The summed E-state index contributed by atoms with van der Waals surface area (Å²) < 4.78 is 2.54. The molecule has 0 aliphatic rings. The van der Waals surface area contributed by atoms with Gasteiger partial charge >= 0.3 is 0 Å². The van der Waals surface area contributed by atoms with Crippen molar-refractivity contribution >= 4 is 27.5 Å². The maximum absolute atomic E-state index is 12.5. The summed E-state index contributed by atoms with van der Waals surface area (Å²) in [7, 11) is 0. The molecule has 1 N–H and O–H groups in total. The molecule has 0 bridgehead atoms. The fourth-order valence-corrected chi connectivity index (χ4v) is 2.97. The van der Waals surface area contributed by atoms with Crippen LogP contribution in [0.5, 0.6) is 0 Å². The number of halogens is 1. The van der Waals surface area contributed by atoms with E-state index >= 15 is 0 Å². The highest BCUT2D eigenvalue weighted by Gasteiger charge is 2.09. The van der Waals surface area contributed by atoms with Crippen molar-refractivity contribution in [2.45, 2.75) is 20.4 Å². The molecule has 1 amide bonds. The minimum Gasteiger partial charge on any atom is -0.322 e. The van der Waals surface area contributed by atoms with Crippen molar-refractivity contribution in [3.63, 3.8) is 0 Å². The summed E-state index contributed by atoms with van der Waals surface area (Å²) >= 11 is 3.44. The zero-order valence-electron chi connectivity index (χ0n) is 14.6. The maximum atomic E-state index is 12.5. The number of aryl methyl sites for hydroxylation is 2. The lowest BCUT2D eigenvalue weighted by molar-refractivity contribution is 0.102. The Bertz CT molecular complexity index is 1020. The maximum Gasteiger partial charge on any atom is 0.257 e. The molecule has 0 atom stereocenters. The van der Waals surface area contributed by atoms with E-state index in [-0.39, 0.29) is 11.5 Å². The molecule has 132 valence electrons. The Balaban J connectivity index is 1.83. The lowest BCUT2D eigenvalue weighted by Crippen LogP contribution is -2.22. The highest BCUT2D eigenvalue weighted by molar-refractivity contribution is 9.10. The van der Waals surface area contributed by atoms with Gasteiger partial charge in [0.15, 0.2) is 0 Å². The van der Waals surface area contributed by atoms with Crippen LogP contribution in [0.2, 0.25) is 0 Å². The van der Waals surface area contributed by atoms with Crippen LogP contribution < -0.4 is 10.9 Å². The molecule has 1 heterocycles. The summed E-state index contributed by atoms with van der Waals surface area (Å²) in [6.07, 6.45) is 1.60. The Hall–Kier alpha value is -2.66. The Morgan fingerprint density at radius 2 is 1.88 bits per heavy atom.